The van der Waals surface area contributed by atoms with Gasteiger partial charge in [0.25, 0.3) is 5.56 Å². The van der Waals surface area contributed by atoms with Crippen molar-refractivity contribution in [2.45, 2.75) is 26.4 Å². The van der Waals surface area contributed by atoms with E-state index in [0.717, 1.165) is 32.6 Å². The van der Waals surface area contributed by atoms with Crippen LogP contribution in [0.25, 0.3) is 0 Å². The van der Waals surface area contributed by atoms with Gasteiger partial charge in [-0.3, -0.25) is 14.5 Å². The zero-order chi connectivity index (χ0) is 17.6. The molecule has 1 aromatic heterocycles. The third-order valence-corrected chi connectivity index (χ3v) is 4.67. The zero-order valence-electron chi connectivity index (χ0n) is 14.7. The number of hydrogen-bond acceptors (Lipinski definition) is 3. The van der Waals surface area contributed by atoms with Crippen molar-refractivity contribution in [2.24, 2.45) is 0 Å². The molecular formula is C20H25N3O2. The van der Waals surface area contributed by atoms with Crippen LogP contribution in [-0.2, 0) is 17.9 Å². The van der Waals surface area contributed by atoms with Crippen molar-refractivity contribution in [1.82, 2.24) is 14.4 Å². The van der Waals surface area contributed by atoms with Crippen molar-refractivity contribution in [3.05, 3.63) is 70.1 Å². The predicted octanol–water partition coefficient (Wildman–Crippen LogP) is 1.89. The maximum atomic E-state index is 12.5. The molecular weight excluding hydrogens is 314 g/mol. The summed E-state index contributed by atoms with van der Waals surface area (Å²) in [5.41, 5.74) is 2.44. The van der Waals surface area contributed by atoms with E-state index >= 15 is 0 Å². The third-order valence-electron chi connectivity index (χ3n) is 4.67. The lowest BCUT2D eigenvalue weighted by Crippen LogP contribution is -2.38. The van der Waals surface area contributed by atoms with Gasteiger partial charge in [-0.15, -0.1) is 0 Å². The predicted molar refractivity (Wildman–Crippen MR) is 98.4 cm³/mol. The SMILES string of the molecule is Cc1ccc(CN2CCCN(C(=O)Cn3ccccc3=O)CC2)cc1. The number of carbonyl (C=O) groups is 1. The maximum Gasteiger partial charge on any atom is 0.250 e. The molecule has 1 saturated heterocycles. The van der Waals surface area contributed by atoms with E-state index in [1.807, 2.05) is 4.90 Å². The molecule has 1 fully saturated rings. The second-order valence-corrected chi connectivity index (χ2v) is 6.66. The van der Waals surface area contributed by atoms with Crippen molar-refractivity contribution in [1.29, 1.82) is 0 Å². The number of benzene rings is 1. The van der Waals surface area contributed by atoms with Crippen LogP contribution in [0.1, 0.15) is 17.5 Å². The van der Waals surface area contributed by atoms with Gasteiger partial charge in [0.05, 0.1) is 0 Å². The fourth-order valence-electron chi connectivity index (χ4n) is 3.17. The molecule has 1 aromatic carbocycles. The lowest BCUT2D eigenvalue weighted by molar-refractivity contribution is -0.131. The largest absolute Gasteiger partial charge is 0.340 e. The summed E-state index contributed by atoms with van der Waals surface area (Å²) in [4.78, 5) is 28.6. The molecule has 2 aromatic rings. The summed E-state index contributed by atoms with van der Waals surface area (Å²) >= 11 is 0. The molecule has 0 spiro atoms. The Morgan fingerprint density at radius 1 is 1.00 bits per heavy atom. The van der Waals surface area contributed by atoms with Gasteiger partial charge in [-0.2, -0.15) is 0 Å². The maximum absolute atomic E-state index is 12.5. The van der Waals surface area contributed by atoms with Crippen molar-refractivity contribution in [3.8, 4) is 0 Å². The average molecular weight is 339 g/mol. The minimum Gasteiger partial charge on any atom is -0.340 e. The van der Waals surface area contributed by atoms with Crippen molar-refractivity contribution in [3.63, 3.8) is 0 Å². The number of nitrogens with zero attached hydrogens (tertiary/aromatic N) is 3. The molecule has 5 heteroatoms. The van der Waals surface area contributed by atoms with E-state index in [0.29, 0.717) is 6.54 Å². The number of pyridine rings is 1. The Balaban J connectivity index is 1.55. The summed E-state index contributed by atoms with van der Waals surface area (Å²) < 4.78 is 1.47. The third kappa shape index (κ3) is 4.79. The second-order valence-electron chi connectivity index (χ2n) is 6.66. The summed E-state index contributed by atoms with van der Waals surface area (Å²) in [6, 6.07) is 13.6. The average Bonchev–Trinajstić information content (AvgIpc) is 2.85. The number of rotatable bonds is 4. The van der Waals surface area contributed by atoms with Gasteiger partial charge in [-0.05, 0) is 25.0 Å². The highest BCUT2D eigenvalue weighted by atomic mass is 16.2. The minimum absolute atomic E-state index is 0.0190. The fraction of sp³-hybridized carbons (Fsp3) is 0.400. The Kier molecular flexibility index (Phi) is 5.66. The molecule has 0 saturated carbocycles. The molecule has 1 aliphatic heterocycles. The Labute approximate surface area is 148 Å². The lowest BCUT2D eigenvalue weighted by Gasteiger charge is -2.22. The van der Waals surface area contributed by atoms with E-state index in [1.165, 1.54) is 21.8 Å². The van der Waals surface area contributed by atoms with Gasteiger partial charge in [0.2, 0.25) is 5.91 Å². The van der Waals surface area contributed by atoms with E-state index < -0.39 is 0 Å². The van der Waals surface area contributed by atoms with E-state index in [2.05, 4.69) is 36.1 Å². The van der Waals surface area contributed by atoms with E-state index in [1.54, 1.807) is 18.3 Å². The molecule has 1 aliphatic rings. The van der Waals surface area contributed by atoms with E-state index in [9.17, 15) is 9.59 Å². The standard InChI is InChI=1S/C20H25N3O2/c1-17-6-8-18(9-7-17)15-21-10-4-12-22(14-13-21)20(25)16-23-11-3-2-5-19(23)24/h2-3,5-9,11H,4,10,12-16H2,1H3. The summed E-state index contributed by atoms with van der Waals surface area (Å²) in [5.74, 6) is 0.0190. The van der Waals surface area contributed by atoms with Crippen LogP contribution in [-0.4, -0.2) is 46.5 Å². The van der Waals surface area contributed by atoms with Crippen molar-refractivity contribution in [2.75, 3.05) is 26.2 Å². The molecule has 0 bridgehead atoms. The molecule has 0 unspecified atom stereocenters. The molecule has 25 heavy (non-hydrogen) atoms. The summed E-state index contributed by atoms with van der Waals surface area (Å²) in [6.07, 6.45) is 2.63. The second kappa shape index (κ2) is 8.12. The van der Waals surface area contributed by atoms with Crippen molar-refractivity contribution < 1.29 is 4.79 Å². The van der Waals surface area contributed by atoms with Crippen LogP contribution in [0.15, 0.2) is 53.5 Å². The first-order chi connectivity index (χ1) is 12.1. The first kappa shape index (κ1) is 17.4. The van der Waals surface area contributed by atoms with Gasteiger partial charge in [0.1, 0.15) is 6.54 Å². The number of carbonyl (C=O) groups excluding carboxylic acids is 1. The highest BCUT2D eigenvalue weighted by Gasteiger charge is 2.19. The molecule has 0 atom stereocenters. The molecule has 3 rings (SSSR count). The van der Waals surface area contributed by atoms with Crippen LogP contribution >= 0.6 is 0 Å². The Hall–Kier alpha value is -2.40. The first-order valence-electron chi connectivity index (χ1n) is 8.83. The summed E-state index contributed by atoms with van der Waals surface area (Å²) in [6.45, 7) is 6.46. The molecule has 1 amide bonds. The number of hydrogen-bond donors (Lipinski definition) is 0. The summed E-state index contributed by atoms with van der Waals surface area (Å²) in [5, 5.41) is 0. The molecule has 0 N–H and O–H groups in total. The summed E-state index contributed by atoms with van der Waals surface area (Å²) in [7, 11) is 0. The highest BCUT2D eigenvalue weighted by Crippen LogP contribution is 2.10. The topological polar surface area (TPSA) is 45.5 Å². The van der Waals surface area contributed by atoms with Crippen LogP contribution < -0.4 is 5.56 Å². The van der Waals surface area contributed by atoms with Gasteiger partial charge >= 0.3 is 0 Å². The fourth-order valence-corrected chi connectivity index (χ4v) is 3.17. The molecule has 2 heterocycles. The Morgan fingerprint density at radius 3 is 2.56 bits per heavy atom. The first-order valence-corrected chi connectivity index (χ1v) is 8.83. The van der Waals surface area contributed by atoms with Crippen molar-refractivity contribution >= 4 is 5.91 Å². The van der Waals surface area contributed by atoms with Gasteiger partial charge in [-0.25, -0.2) is 0 Å². The number of amides is 1. The van der Waals surface area contributed by atoms with Gasteiger partial charge in [0, 0.05) is 45.0 Å². The van der Waals surface area contributed by atoms with Gasteiger partial charge < -0.3 is 9.47 Å². The number of aromatic nitrogens is 1. The normalized spacial score (nSPS) is 15.8. The lowest BCUT2D eigenvalue weighted by atomic mass is 10.1. The minimum atomic E-state index is -0.133. The van der Waals surface area contributed by atoms with E-state index in [-0.39, 0.29) is 18.0 Å². The zero-order valence-corrected chi connectivity index (χ0v) is 14.7. The molecule has 132 valence electrons. The number of aryl methyl sites for hydroxylation is 1. The van der Waals surface area contributed by atoms with Crippen LogP contribution in [0.2, 0.25) is 0 Å². The molecule has 0 radical (unpaired) electrons. The van der Waals surface area contributed by atoms with Gasteiger partial charge in [0.15, 0.2) is 0 Å². The Morgan fingerprint density at radius 2 is 1.80 bits per heavy atom. The molecule has 5 nitrogen and oxygen atoms in total. The van der Waals surface area contributed by atoms with Crippen LogP contribution in [0.3, 0.4) is 0 Å². The molecule has 0 aliphatic carbocycles. The van der Waals surface area contributed by atoms with Crippen LogP contribution in [0.4, 0.5) is 0 Å². The van der Waals surface area contributed by atoms with Gasteiger partial charge in [-0.1, -0.05) is 35.9 Å². The Bertz CT molecular complexity index is 767. The highest BCUT2D eigenvalue weighted by molar-refractivity contribution is 5.76. The monoisotopic (exact) mass is 339 g/mol. The van der Waals surface area contributed by atoms with Crippen LogP contribution in [0.5, 0.6) is 0 Å². The van der Waals surface area contributed by atoms with E-state index in [4.69, 9.17) is 0 Å². The quantitative estimate of drug-likeness (QED) is 0.855. The van der Waals surface area contributed by atoms with Crippen LogP contribution in [0, 0.1) is 6.92 Å². The smallest absolute Gasteiger partial charge is 0.250 e.